The number of rotatable bonds is 5. The highest BCUT2D eigenvalue weighted by Gasteiger charge is 2.57. The number of aliphatic hydroxyl groups is 2. The molecule has 2 fully saturated rings. The molecule has 0 aliphatic heterocycles. The van der Waals surface area contributed by atoms with E-state index in [-0.39, 0.29) is 17.2 Å². The first kappa shape index (κ1) is 22.5. The molecule has 5 atom stereocenters. The van der Waals surface area contributed by atoms with Crippen molar-refractivity contribution >= 4 is 6.08 Å². The average molecular weight is 403 g/mol. The van der Waals surface area contributed by atoms with E-state index in [1.807, 2.05) is 26.0 Å². The maximum atomic E-state index is 13.1. The monoisotopic (exact) mass is 402 g/mol. The van der Waals surface area contributed by atoms with Gasteiger partial charge in [0.05, 0.1) is 11.2 Å². The van der Waals surface area contributed by atoms with E-state index in [1.54, 1.807) is 12.1 Å². The third-order valence-corrected chi connectivity index (χ3v) is 8.21. The highest BCUT2D eigenvalue weighted by Crippen LogP contribution is 2.63. The van der Waals surface area contributed by atoms with Gasteiger partial charge < -0.3 is 10.2 Å². The minimum atomic E-state index is -0.960. The Balaban J connectivity index is 1.75. The first-order valence-electron chi connectivity index (χ1n) is 11.3. The number of hydrogen-bond donors (Lipinski definition) is 2. The van der Waals surface area contributed by atoms with Crippen molar-refractivity contribution in [2.24, 2.45) is 22.7 Å². The molecular formula is C26H39FO2. The van der Waals surface area contributed by atoms with E-state index >= 15 is 0 Å². The molecule has 0 unspecified atom stereocenters. The van der Waals surface area contributed by atoms with E-state index in [2.05, 4.69) is 20.8 Å². The van der Waals surface area contributed by atoms with Crippen molar-refractivity contribution in [2.45, 2.75) is 90.8 Å². The molecule has 0 aromatic heterocycles. The lowest BCUT2D eigenvalue weighted by molar-refractivity contribution is -0.171. The van der Waals surface area contributed by atoms with Crippen LogP contribution in [-0.2, 0) is 0 Å². The fourth-order valence-electron chi connectivity index (χ4n) is 6.63. The van der Waals surface area contributed by atoms with E-state index < -0.39 is 11.2 Å². The largest absolute Gasteiger partial charge is 0.390 e. The predicted octanol–water partition coefficient (Wildman–Crippen LogP) is 6.36. The molecule has 0 heterocycles. The average Bonchev–Trinajstić information content (AvgIpc) is 2.59. The third kappa shape index (κ3) is 4.77. The molecule has 1 aromatic rings. The highest BCUT2D eigenvalue weighted by molar-refractivity contribution is 5.50. The normalized spacial score (nSPS) is 36.6. The Morgan fingerprint density at radius 1 is 1.10 bits per heavy atom. The van der Waals surface area contributed by atoms with Gasteiger partial charge in [-0.25, -0.2) is 4.39 Å². The SMILES string of the molecule is CC1(C)CCC[C@]2(C)[C@@H](CC[C@@](C)(O)/C=C/c3ccc(F)cc3)[C@](C)(O)CC[C@@H]12. The van der Waals surface area contributed by atoms with E-state index in [0.717, 1.165) is 31.2 Å². The van der Waals surface area contributed by atoms with Crippen LogP contribution in [0, 0.1) is 28.5 Å². The molecule has 0 saturated heterocycles. The van der Waals surface area contributed by atoms with Gasteiger partial charge in [-0.15, -0.1) is 0 Å². The minimum Gasteiger partial charge on any atom is -0.390 e. The predicted molar refractivity (Wildman–Crippen MR) is 118 cm³/mol. The summed E-state index contributed by atoms with van der Waals surface area (Å²) in [7, 11) is 0. The molecule has 2 N–H and O–H groups in total. The lowest BCUT2D eigenvalue weighted by atomic mass is 9.45. The first-order valence-corrected chi connectivity index (χ1v) is 11.3. The van der Waals surface area contributed by atoms with Crippen LogP contribution >= 0.6 is 0 Å². The van der Waals surface area contributed by atoms with Gasteiger partial charge in [-0.3, -0.25) is 0 Å². The first-order chi connectivity index (χ1) is 13.4. The van der Waals surface area contributed by atoms with Crippen LogP contribution < -0.4 is 0 Å². The quantitative estimate of drug-likeness (QED) is 0.601. The summed E-state index contributed by atoms with van der Waals surface area (Å²) in [5, 5.41) is 22.3. The maximum Gasteiger partial charge on any atom is 0.123 e. The van der Waals surface area contributed by atoms with Crippen molar-refractivity contribution in [3.05, 3.63) is 41.7 Å². The molecule has 0 bridgehead atoms. The van der Waals surface area contributed by atoms with Gasteiger partial charge in [0.2, 0.25) is 0 Å². The van der Waals surface area contributed by atoms with Crippen molar-refractivity contribution in [3.8, 4) is 0 Å². The number of fused-ring (bicyclic) bond motifs is 1. The summed E-state index contributed by atoms with van der Waals surface area (Å²) >= 11 is 0. The summed E-state index contributed by atoms with van der Waals surface area (Å²) in [4.78, 5) is 0. The second kappa shape index (κ2) is 7.81. The van der Waals surface area contributed by atoms with Gasteiger partial charge >= 0.3 is 0 Å². The number of hydrogen-bond acceptors (Lipinski definition) is 2. The van der Waals surface area contributed by atoms with Crippen LogP contribution in [-0.4, -0.2) is 21.4 Å². The van der Waals surface area contributed by atoms with Crippen LogP contribution in [0.4, 0.5) is 4.39 Å². The molecule has 2 aliphatic rings. The van der Waals surface area contributed by atoms with E-state index in [4.69, 9.17) is 0 Å². The van der Waals surface area contributed by atoms with Crippen LogP contribution in [0.3, 0.4) is 0 Å². The van der Waals surface area contributed by atoms with Crippen molar-refractivity contribution in [1.29, 1.82) is 0 Å². The Kier molecular flexibility index (Phi) is 6.06. The van der Waals surface area contributed by atoms with Crippen LogP contribution in [0.25, 0.3) is 6.08 Å². The van der Waals surface area contributed by atoms with Gasteiger partial charge in [-0.2, -0.15) is 0 Å². The van der Waals surface area contributed by atoms with Crippen molar-refractivity contribution < 1.29 is 14.6 Å². The Labute approximate surface area is 176 Å². The molecule has 2 aliphatic carbocycles. The summed E-state index contributed by atoms with van der Waals surface area (Å²) in [6.45, 7) is 11.0. The molecule has 2 nitrogen and oxygen atoms in total. The fourth-order valence-corrected chi connectivity index (χ4v) is 6.63. The number of benzene rings is 1. The van der Waals surface area contributed by atoms with Crippen molar-refractivity contribution in [2.75, 3.05) is 0 Å². The molecular weight excluding hydrogens is 363 g/mol. The zero-order valence-electron chi connectivity index (χ0n) is 18.8. The number of halogens is 1. The molecule has 0 amide bonds. The van der Waals surface area contributed by atoms with E-state index in [1.165, 1.54) is 25.0 Å². The maximum absolute atomic E-state index is 13.1. The van der Waals surface area contributed by atoms with Gasteiger partial charge in [-0.1, -0.05) is 51.5 Å². The summed E-state index contributed by atoms with van der Waals surface area (Å²) in [5.41, 5.74) is -0.349. The highest BCUT2D eigenvalue weighted by atomic mass is 19.1. The Bertz CT molecular complexity index is 732. The zero-order chi connectivity index (χ0) is 21.5. The molecule has 3 heteroatoms. The molecule has 0 radical (unpaired) electrons. The Morgan fingerprint density at radius 3 is 2.41 bits per heavy atom. The molecule has 2 saturated carbocycles. The fraction of sp³-hybridized carbons (Fsp3) is 0.692. The minimum absolute atomic E-state index is 0.111. The second-order valence-electron chi connectivity index (χ2n) is 11.1. The third-order valence-electron chi connectivity index (χ3n) is 8.21. The Morgan fingerprint density at radius 2 is 1.76 bits per heavy atom. The van der Waals surface area contributed by atoms with Gasteiger partial charge in [-0.05, 0) is 92.7 Å². The molecule has 1 aromatic carbocycles. The summed E-state index contributed by atoms with van der Waals surface area (Å²) in [6, 6.07) is 6.28. The molecule has 0 spiro atoms. The zero-order valence-corrected chi connectivity index (χ0v) is 18.8. The lowest BCUT2D eigenvalue weighted by Gasteiger charge is -2.61. The summed E-state index contributed by atoms with van der Waals surface area (Å²) in [5.74, 6) is 0.541. The molecule has 162 valence electrons. The van der Waals surface area contributed by atoms with Crippen molar-refractivity contribution in [1.82, 2.24) is 0 Å². The topological polar surface area (TPSA) is 40.5 Å². The van der Waals surface area contributed by atoms with E-state index in [9.17, 15) is 14.6 Å². The van der Waals surface area contributed by atoms with Crippen LogP contribution in [0.1, 0.15) is 85.1 Å². The standard InChI is InChI=1S/C26H39FO2/c1-23(2)14-6-15-25(4)21(23)13-18-26(5,29)22(25)12-17-24(3,28)16-11-19-7-9-20(27)10-8-19/h7-11,16,21-22,28-29H,6,12-15,17-18H2,1-5H3/b16-11+/t21-,22+,24-,25-,26+/m0/s1. The second-order valence-corrected chi connectivity index (χ2v) is 11.1. The van der Waals surface area contributed by atoms with Crippen LogP contribution in [0.5, 0.6) is 0 Å². The van der Waals surface area contributed by atoms with Crippen LogP contribution in [0.2, 0.25) is 0 Å². The Hall–Kier alpha value is -1.19. The van der Waals surface area contributed by atoms with E-state index in [0.29, 0.717) is 17.8 Å². The molecule has 3 rings (SSSR count). The van der Waals surface area contributed by atoms with Gasteiger partial charge in [0, 0.05) is 0 Å². The lowest BCUT2D eigenvalue weighted by Crippen LogP contribution is -2.57. The molecule has 29 heavy (non-hydrogen) atoms. The van der Waals surface area contributed by atoms with Gasteiger partial charge in [0.15, 0.2) is 0 Å². The van der Waals surface area contributed by atoms with Gasteiger partial charge in [0.1, 0.15) is 5.82 Å². The van der Waals surface area contributed by atoms with Gasteiger partial charge in [0.25, 0.3) is 0 Å². The summed E-state index contributed by atoms with van der Waals surface area (Å²) < 4.78 is 13.1. The van der Waals surface area contributed by atoms with Crippen LogP contribution in [0.15, 0.2) is 30.3 Å². The summed E-state index contributed by atoms with van der Waals surface area (Å²) in [6.07, 6.45) is 10.6. The van der Waals surface area contributed by atoms with Crippen molar-refractivity contribution in [3.63, 3.8) is 0 Å². The smallest absolute Gasteiger partial charge is 0.123 e.